The van der Waals surface area contributed by atoms with E-state index >= 15 is 0 Å². The number of carbonyl (C=O) groups is 2. The molecule has 2 amide bonds. The van der Waals surface area contributed by atoms with Crippen LogP contribution in [0.3, 0.4) is 0 Å². The molecule has 0 spiro atoms. The van der Waals surface area contributed by atoms with Crippen molar-refractivity contribution < 1.29 is 27.9 Å². The van der Waals surface area contributed by atoms with Crippen molar-refractivity contribution in [2.75, 3.05) is 38.1 Å². The van der Waals surface area contributed by atoms with Gasteiger partial charge in [0.05, 0.1) is 42.4 Å². The first-order chi connectivity index (χ1) is 17.3. The highest BCUT2D eigenvalue weighted by molar-refractivity contribution is 7.92. The van der Waals surface area contributed by atoms with E-state index in [2.05, 4.69) is 14.9 Å². The number of rotatable bonds is 8. The number of sulfonamides is 1. The van der Waals surface area contributed by atoms with Gasteiger partial charge < -0.3 is 20.1 Å². The maximum atomic E-state index is 13.4. The molecule has 1 unspecified atom stereocenters. The fourth-order valence-corrected chi connectivity index (χ4v) is 5.86. The van der Waals surface area contributed by atoms with Crippen LogP contribution in [0.5, 0.6) is 0 Å². The summed E-state index contributed by atoms with van der Waals surface area (Å²) in [4.78, 5) is 27.7. The molecule has 2 aliphatic rings. The van der Waals surface area contributed by atoms with Gasteiger partial charge in [0.2, 0.25) is 5.91 Å². The summed E-state index contributed by atoms with van der Waals surface area (Å²) in [6.07, 6.45) is -0.780. The molecule has 0 aromatic heterocycles. The number of nitrogens with zero attached hydrogens (tertiary/aromatic N) is 2. The minimum atomic E-state index is -3.91. The predicted octanol–water partition coefficient (Wildman–Crippen LogP) is 2.60. The highest BCUT2D eigenvalue weighted by Gasteiger charge is 2.39. The Morgan fingerprint density at radius 2 is 1.84 bits per heavy atom. The van der Waals surface area contributed by atoms with Gasteiger partial charge in [0.1, 0.15) is 0 Å². The van der Waals surface area contributed by atoms with Gasteiger partial charge >= 0.3 is 6.09 Å². The van der Waals surface area contributed by atoms with Crippen molar-refractivity contribution in [1.29, 1.82) is 0 Å². The molecule has 2 saturated heterocycles. The van der Waals surface area contributed by atoms with Crippen molar-refractivity contribution in [3.63, 3.8) is 0 Å². The number of nitrogens with one attached hydrogen (secondary N) is 2. The van der Waals surface area contributed by atoms with E-state index in [-0.39, 0.29) is 29.4 Å². The number of carboxylic acid groups (broad SMARTS) is 1. The lowest BCUT2D eigenvalue weighted by atomic mass is 9.91. The summed E-state index contributed by atoms with van der Waals surface area (Å²) in [5, 5.41) is 11.7. The van der Waals surface area contributed by atoms with E-state index in [9.17, 15) is 23.1 Å². The van der Waals surface area contributed by atoms with Crippen LogP contribution in [0.2, 0.25) is 0 Å². The molecule has 10 nitrogen and oxygen atoms in total. The van der Waals surface area contributed by atoms with Crippen molar-refractivity contribution in [3.05, 3.63) is 59.2 Å². The summed E-state index contributed by atoms with van der Waals surface area (Å²) in [7, 11) is -2.16. The summed E-state index contributed by atoms with van der Waals surface area (Å²) in [6, 6.07) is 12.0. The second-order valence-electron chi connectivity index (χ2n) is 10.5. The molecule has 2 aromatic rings. The average molecular weight is 531 g/mol. The Kier molecular flexibility index (Phi) is 7.50. The molecule has 2 fully saturated rings. The summed E-state index contributed by atoms with van der Waals surface area (Å²) < 4.78 is 34.9. The van der Waals surface area contributed by atoms with Gasteiger partial charge in [0.25, 0.3) is 10.0 Å². The zero-order valence-corrected chi connectivity index (χ0v) is 22.3. The lowest BCUT2D eigenvalue weighted by Crippen LogP contribution is -2.59. The van der Waals surface area contributed by atoms with Gasteiger partial charge in [-0.15, -0.1) is 0 Å². The number of hydrogen-bond acceptors (Lipinski definition) is 6. The number of piperazine rings is 1. The Balaban J connectivity index is 1.74. The third-order valence-corrected chi connectivity index (χ3v) is 8.21. The van der Waals surface area contributed by atoms with Gasteiger partial charge in [0.15, 0.2) is 0 Å². The summed E-state index contributed by atoms with van der Waals surface area (Å²) in [5.41, 5.74) is 2.09. The normalized spacial score (nSPS) is 19.4. The summed E-state index contributed by atoms with van der Waals surface area (Å²) >= 11 is 0. The molecule has 11 heteroatoms. The van der Waals surface area contributed by atoms with Crippen LogP contribution in [0.25, 0.3) is 0 Å². The van der Waals surface area contributed by atoms with Gasteiger partial charge in [-0.25, -0.2) is 13.2 Å². The van der Waals surface area contributed by atoms with E-state index in [0.29, 0.717) is 31.9 Å². The smallest absolute Gasteiger partial charge is 0.405 e. The van der Waals surface area contributed by atoms with Crippen LogP contribution in [-0.4, -0.2) is 80.3 Å². The number of aryl methyl sites for hydroxylation is 1. The van der Waals surface area contributed by atoms with Crippen LogP contribution in [0, 0.1) is 6.92 Å². The molecule has 0 aliphatic carbocycles. The number of likely N-dealkylation sites (N-methyl/N-ethyl adjacent to an activating group) is 1. The van der Waals surface area contributed by atoms with Crippen molar-refractivity contribution in [2.24, 2.45) is 0 Å². The van der Waals surface area contributed by atoms with Gasteiger partial charge in [-0.1, -0.05) is 29.8 Å². The monoisotopic (exact) mass is 530 g/mol. The zero-order chi connectivity index (χ0) is 27.0. The number of ether oxygens (including phenoxy) is 1. The quantitative estimate of drug-likeness (QED) is 0.479. The van der Waals surface area contributed by atoms with E-state index in [1.54, 1.807) is 56.1 Å². The molecule has 200 valence electrons. The minimum absolute atomic E-state index is 0.00282. The molecule has 2 aromatic carbocycles. The second kappa shape index (κ2) is 10.3. The first-order valence-corrected chi connectivity index (χ1v) is 13.6. The topological polar surface area (TPSA) is 128 Å². The van der Waals surface area contributed by atoms with E-state index in [1.165, 1.54) is 0 Å². The molecule has 2 aliphatic heterocycles. The van der Waals surface area contributed by atoms with E-state index in [4.69, 9.17) is 4.74 Å². The van der Waals surface area contributed by atoms with Gasteiger partial charge in [-0.3, -0.25) is 14.4 Å². The third kappa shape index (κ3) is 6.23. The molecule has 37 heavy (non-hydrogen) atoms. The summed E-state index contributed by atoms with van der Waals surface area (Å²) in [6.45, 7) is 7.08. The number of amides is 2. The van der Waals surface area contributed by atoms with Crippen LogP contribution in [0.1, 0.15) is 36.6 Å². The highest BCUT2D eigenvalue weighted by atomic mass is 32.2. The Morgan fingerprint density at radius 3 is 2.43 bits per heavy atom. The zero-order valence-electron chi connectivity index (χ0n) is 21.5. The van der Waals surface area contributed by atoms with Crippen LogP contribution < -0.4 is 10.0 Å². The molecule has 0 bridgehead atoms. The van der Waals surface area contributed by atoms with Crippen molar-refractivity contribution >= 4 is 27.7 Å². The lowest BCUT2D eigenvalue weighted by Gasteiger charge is -2.47. The fraction of sp³-hybridized carbons (Fsp3) is 0.462. The molecule has 0 radical (unpaired) electrons. The second-order valence-corrected chi connectivity index (χ2v) is 12.2. The predicted molar refractivity (Wildman–Crippen MR) is 139 cm³/mol. The first kappa shape index (κ1) is 26.9. The molecular formula is C26H34N4O6S. The molecule has 2 heterocycles. The Hall–Kier alpha value is -3.15. The van der Waals surface area contributed by atoms with Crippen LogP contribution in [0.15, 0.2) is 47.4 Å². The van der Waals surface area contributed by atoms with Crippen molar-refractivity contribution in [1.82, 2.24) is 15.1 Å². The molecule has 0 saturated carbocycles. The largest absolute Gasteiger partial charge is 0.465 e. The fourth-order valence-electron chi connectivity index (χ4n) is 4.79. The summed E-state index contributed by atoms with van der Waals surface area (Å²) in [5.74, 6) is 0.00282. The number of carbonyl (C=O) groups excluding carboxylic acids is 1. The van der Waals surface area contributed by atoms with Gasteiger partial charge in [-0.05, 0) is 56.5 Å². The third-order valence-electron chi connectivity index (χ3n) is 6.82. The standard InChI is InChI=1S/C26H34N4O6S/c1-17-5-8-20(9-6-17)37(34,35)28-22-11-18(12-26(2,3)27-25(32)33)7-10-21(22)23-13-29(4)24(31)14-30(23)19-15-36-16-19/h5-11,19,23,27-28H,12-16H2,1-4H3,(H,32,33). The molecular weight excluding hydrogens is 496 g/mol. The van der Waals surface area contributed by atoms with Gasteiger partial charge in [0, 0.05) is 19.1 Å². The van der Waals surface area contributed by atoms with Crippen molar-refractivity contribution in [2.45, 2.75) is 49.7 Å². The molecule has 1 atom stereocenters. The Morgan fingerprint density at radius 1 is 1.16 bits per heavy atom. The van der Waals surface area contributed by atoms with Crippen molar-refractivity contribution in [3.8, 4) is 0 Å². The van der Waals surface area contributed by atoms with E-state index < -0.39 is 21.7 Å². The highest BCUT2D eigenvalue weighted by Crippen LogP contribution is 2.36. The minimum Gasteiger partial charge on any atom is -0.465 e. The SMILES string of the molecule is Cc1ccc(S(=O)(=O)Nc2cc(CC(C)(C)NC(=O)O)ccc2C2CN(C)C(=O)CN2C2COC2)cc1. The number of anilines is 1. The van der Waals surface area contributed by atoms with Crippen LogP contribution in [0.4, 0.5) is 10.5 Å². The Labute approximate surface area is 217 Å². The van der Waals surface area contributed by atoms with Gasteiger partial charge in [-0.2, -0.15) is 0 Å². The van der Waals surface area contributed by atoms with E-state index in [1.807, 2.05) is 19.1 Å². The maximum Gasteiger partial charge on any atom is 0.405 e. The first-order valence-electron chi connectivity index (χ1n) is 12.2. The number of benzene rings is 2. The molecule has 3 N–H and O–H groups in total. The van der Waals surface area contributed by atoms with Crippen LogP contribution in [-0.2, 0) is 26.0 Å². The maximum absolute atomic E-state index is 13.4. The van der Waals surface area contributed by atoms with Crippen LogP contribution >= 0.6 is 0 Å². The molecule has 4 rings (SSSR count). The average Bonchev–Trinajstić information content (AvgIpc) is 2.74. The number of hydrogen-bond donors (Lipinski definition) is 3. The lowest BCUT2D eigenvalue weighted by molar-refractivity contribution is -0.147. The van der Waals surface area contributed by atoms with E-state index in [0.717, 1.165) is 16.7 Å². The Bertz CT molecular complexity index is 1270.